The molecule has 0 atom stereocenters. The second kappa shape index (κ2) is 7.37. The SMILES string of the molecule is CCCNc1ncc(F)c(NCCc2cccnc2)n1. The first-order valence-electron chi connectivity index (χ1n) is 6.68. The molecule has 0 fully saturated rings. The van der Waals surface area contributed by atoms with Gasteiger partial charge in [0.15, 0.2) is 11.6 Å². The molecule has 5 nitrogen and oxygen atoms in total. The van der Waals surface area contributed by atoms with Crippen LogP contribution in [0.1, 0.15) is 18.9 Å². The number of rotatable bonds is 7. The fraction of sp³-hybridized carbons (Fsp3) is 0.357. The van der Waals surface area contributed by atoms with Gasteiger partial charge in [0.05, 0.1) is 6.20 Å². The molecular weight excluding hydrogens is 257 g/mol. The maximum absolute atomic E-state index is 13.6. The third kappa shape index (κ3) is 4.15. The normalized spacial score (nSPS) is 10.3. The van der Waals surface area contributed by atoms with E-state index in [-0.39, 0.29) is 5.82 Å². The van der Waals surface area contributed by atoms with Gasteiger partial charge in [0, 0.05) is 25.5 Å². The molecule has 0 saturated carbocycles. The lowest BCUT2D eigenvalue weighted by atomic mass is 10.2. The third-order valence-electron chi connectivity index (χ3n) is 2.71. The number of halogens is 1. The molecule has 0 aliphatic carbocycles. The van der Waals surface area contributed by atoms with Gasteiger partial charge in [-0.05, 0) is 24.5 Å². The lowest BCUT2D eigenvalue weighted by molar-refractivity contribution is 0.617. The summed E-state index contributed by atoms with van der Waals surface area (Å²) in [7, 11) is 0. The molecule has 2 aromatic heterocycles. The van der Waals surface area contributed by atoms with Crippen molar-refractivity contribution in [3.05, 3.63) is 42.1 Å². The van der Waals surface area contributed by atoms with Crippen LogP contribution in [0.3, 0.4) is 0 Å². The average molecular weight is 275 g/mol. The van der Waals surface area contributed by atoms with Crippen LogP contribution in [-0.2, 0) is 6.42 Å². The number of hydrogen-bond acceptors (Lipinski definition) is 5. The first-order chi connectivity index (χ1) is 9.79. The van der Waals surface area contributed by atoms with E-state index in [1.54, 1.807) is 12.4 Å². The maximum atomic E-state index is 13.6. The van der Waals surface area contributed by atoms with E-state index >= 15 is 0 Å². The third-order valence-corrected chi connectivity index (χ3v) is 2.71. The highest BCUT2D eigenvalue weighted by molar-refractivity contribution is 5.41. The predicted molar refractivity (Wildman–Crippen MR) is 77.2 cm³/mol. The van der Waals surface area contributed by atoms with Gasteiger partial charge < -0.3 is 10.6 Å². The first-order valence-corrected chi connectivity index (χ1v) is 6.68. The Labute approximate surface area is 117 Å². The Morgan fingerprint density at radius 1 is 1.20 bits per heavy atom. The largest absolute Gasteiger partial charge is 0.367 e. The molecule has 0 unspecified atom stereocenters. The van der Waals surface area contributed by atoms with Crippen LogP contribution >= 0.6 is 0 Å². The monoisotopic (exact) mass is 275 g/mol. The highest BCUT2D eigenvalue weighted by Gasteiger charge is 2.06. The number of pyridine rings is 1. The van der Waals surface area contributed by atoms with Crippen LogP contribution in [0.4, 0.5) is 16.2 Å². The number of nitrogens with one attached hydrogen (secondary N) is 2. The van der Waals surface area contributed by atoms with Crippen LogP contribution in [0.2, 0.25) is 0 Å². The summed E-state index contributed by atoms with van der Waals surface area (Å²) in [6, 6.07) is 3.87. The molecule has 2 N–H and O–H groups in total. The summed E-state index contributed by atoms with van der Waals surface area (Å²) >= 11 is 0. The maximum Gasteiger partial charge on any atom is 0.224 e. The van der Waals surface area contributed by atoms with Crippen LogP contribution in [0, 0.1) is 5.82 Å². The van der Waals surface area contributed by atoms with Gasteiger partial charge >= 0.3 is 0 Å². The Morgan fingerprint density at radius 3 is 2.85 bits per heavy atom. The van der Waals surface area contributed by atoms with Gasteiger partial charge in [0.1, 0.15) is 0 Å². The predicted octanol–water partition coefficient (Wildman–Crippen LogP) is 2.49. The fourth-order valence-corrected chi connectivity index (χ4v) is 1.68. The zero-order valence-electron chi connectivity index (χ0n) is 11.4. The molecule has 6 heteroatoms. The molecule has 2 aromatic rings. The van der Waals surface area contributed by atoms with E-state index in [0.29, 0.717) is 12.5 Å². The summed E-state index contributed by atoms with van der Waals surface area (Å²) in [5, 5.41) is 6.02. The molecule has 0 radical (unpaired) electrons. The molecule has 20 heavy (non-hydrogen) atoms. The molecule has 2 heterocycles. The minimum absolute atomic E-state index is 0.225. The Bertz CT molecular complexity index is 532. The first kappa shape index (κ1) is 14.2. The van der Waals surface area contributed by atoms with E-state index in [1.165, 1.54) is 6.20 Å². The van der Waals surface area contributed by atoms with Crippen LogP contribution in [-0.4, -0.2) is 28.0 Å². The molecule has 0 amide bonds. The van der Waals surface area contributed by atoms with Crippen LogP contribution in [0.25, 0.3) is 0 Å². The number of hydrogen-bond donors (Lipinski definition) is 2. The number of anilines is 2. The molecule has 0 aliphatic heterocycles. The Kier molecular flexibility index (Phi) is 5.23. The fourth-order valence-electron chi connectivity index (χ4n) is 1.68. The molecule has 106 valence electrons. The molecule has 0 aromatic carbocycles. The van der Waals surface area contributed by atoms with Gasteiger partial charge in [0.2, 0.25) is 5.95 Å². The average Bonchev–Trinajstić information content (AvgIpc) is 2.49. The van der Waals surface area contributed by atoms with E-state index < -0.39 is 5.82 Å². The minimum atomic E-state index is -0.446. The van der Waals surface area contributed by atoms with Crippen LogP contribution in [0.15, 0.2) is 30.7 Å². The van der Waals surface area contributed by atoms with Gasteiger partial charge in [0.25, 0.3) is 0 Å². The van der Waals surface area contributed by atoms with Gasteiger partial charge in [-0.2, -0.15) is 4.98 Å². The van der Waals surface area contributed by atoms with E-state index in [0.717, 1.165) is 24.9 Å². The van der Waals surface area contributed by atoms with Crippen molar-refractivity contribution in [2.75, 3.05) is 23.7 Å². The number of aromatic nitrogens is 3. The second-order valence-electron chi connectivity index (χ2n) is 4.35. The van der Waals surface area contributed by atoms with Crippen molar-refractivity contribution in [3.63, 3.8) is 0 Å². The molecule has 0 spiro atoms. The highest BCUT2D eigenvalue weighted by Crippen LogP contribution is 2.12. The zero-order chi connectivity index (χ0) is 14.2. The van der Waals surface area contributed by atoms with Gasteiger partial charge in [-0.3, -0.25) is 4.98 Å². The van der Waals surface area contributed by atoms with Crippen molar-refractivity contribution in [1.82, 2.24) is 15.0 Å². The van der Waals surface area contributed by atoms with Crippen LogP contribution in [0.5, 0.6) is 0 Å². The van der Waals surface area contributed by atoms with Crippen molar-refractivity contribution in [2.45, 2.75) is 19.8 Å². The van der Waals surface area contributed by atoms with Crippen molar-refractivity contribution in [2.24, 2.45) is 0 Å². The van der Waals surface area contributed by atoms with E-state index in [2.05, 4.69) is 25.6 Å². The summed E-state index contributed by atoms with van der Waals surface area (Å²) in [6.45, 7) is 3.40. The van der Waals surface area contributed by atoms with Crippen molar-refractivity contribution >= 4 is 11.8 Å². The van der Waals surface area contributed by atoms with Crippen LogP contribution < -0.4 is 10.6 Å². The topological polar surface area (TPSA) is 62.7 Å². The van der Waals surface area contributed by atoms with Crippen molar-refractivity contribution < 1.29 is 4.39 Å². The van der Waals surface area contributed by atoms with Gasteiger partial charge in [-0.15, -0.1) is 0 Å². The summed E-state index contributed by atoms with van der Waals surface area (Å²) in [5.74, 6) is 0.220. The molecule has 0 saturated heterocycles. The molecule has 0 aliphatic rings. The molecule has 0 bridgehead atoms. The smallest absolute Gasteiger partial charge is 0.224 e. The zero-order valence-corrected chi connectivity index (χ0v) is 11.4. The Morgan fingerprint density at radius 2 is 2.10 bits per heavy atom. The summed E-state index contributed by atoms with van der Waals surface area (Å²) in [6.07, 6.45) is 6.43. The second-order valence-corrected chi connectivity index (χ2v) is 4.35. The standard InChI is InChI=1S/C14H18FN5/c1-2-6-18-14-19-10-12(15)13(20-14)17-8-5-11-4-3-7-16-9-11/h3-4,7,9-10H,2,5-6,8H2,1H3,(H2,17,18,19,20). The van der Waals surface area contributed by atoms with Crippen molar-refractivity contribution in [3.8, 4) is 0 Å². The summed E-state index contributed by atoms with van der Waals surface area (Å²) < 4.78 is 13.6. The van der Waals surface area contributed by atoms with E-state index in [9.17, 15) is 4.39 Å². The van der Waals surface area contributed by atoms with Crippen molar-refractivity contribution in [1.29, 1.82) is 0 Å². The lowest BCUT2D eigenvalue weighted by Gasteiger charge is -2.08. The minimum Gasteiger partial charge on any atom is -0.367 e. The van der Waals surface area contributed by atoms with Gasteiger partial charge in [-0.25, -0.2) is 9.37 Å². The lowest BCUT2D eigenvalue weighted by Crippen LogP contribution is -2.11. The molecule has 2 rings (SSSR count). The summed E-state index contributed by atoms with van der Waals surface area (Å²) in [4.78, 5) is 12.1. The number of nitrogens with zero attached hydrogens (tertiary/aromatic N) is 3. The van der Waals surface area contributed by atoms with Gasteiger partial charge in [-0.1, -0.05) is 13.0 Å². The van der Waals surface area contributed by atoms with E-state index in [1.807, 2.05) is 19.1 Å². The van der Waals surface area contributed by atoms with E-state index in [4.69, 9.17) is 0 Å². The molecular formula is C14H18FN5. The quantitative estimate of drug-likeness (QED) is 0.813. The summed E-state index contributed by atoms with van der Waals surface area (Å²) in [5.41, 5.74) is 1.10. The Hall–Kier alpha value is -2.24. The Balaban J connectivity index is 1.91. The highest BCUT2D eigenvalue weighted by atomic mass is 19.1.